The Bertz CT molecular complexity index is 4080. The van der Waals surface area contributed by atoms with Crippen molar-refractivity contribution in [1.29, 1.82) is 0 Å². The van der Waals surface area contributed by atoms with Crippen LogP contribution in [0.4, 0.5) is 17.1 Å². The highest BCUT2D eigenvalue weighted by Crippen LogP contribution is 2.45. The second kappa shape index (κ2) is 16.2. The van der Waals surface area contributed by atoms with E-state index in [1.807, 2.05) is 23.5 Å². The van der Waals surface area contributed by atoms with Gasteiger partial charge in [0.25, 0.3) is 0 Å². The summed E-state index contributed by atoms with van der Waals surface area (Å²) in [6.07, 6.45) is 1.73. The van der Waals surface area contributed by atoms with Crippen molar-refractivity contribution in [3.05, 3.63) is 249 Å². The molecule has 0 amide bonds. The predicted molar refractivity (Wildman–Crippen MR) is 288 cm³/mol. The monoisotopic (exact) mass is 871 g/mol. The van der Waals surface area contributed by atoms with Gasteiger partial charge in [-0.25, -0.2) is 0 Å². The fraction of sp³-hybridized carbons (Fsp3) is 0. The summed E-state index contributed by atoms with van der Waals surface area (Å²) in [7, 11) is 0. The van der Waals surface area contributed by atoms with E-state index in [9.17, 15) is 0 Å². The molecule has 0 aliphatic carbocycles. The SMILES string of the molecule is c1ccc(-c2ccc(N(c3ccc(-c4cccc(-c5ccco5)c4)cc3)c3ccc4c(c3)c3ccccc3c3ccccc3c3ccccc3c3c4ccc4c5ccccc5sc43)cc2)cc1. The van der Waals surface area contributed by atoms with Crippen LogP contribution in [-0.4, -0.2) is 0 Å². The minimum atomic E-state index is 0.860. The van der Waals surface area contributed by atoms with E-state index in [-0.39, 0.29) is 0 Å². The molecule has 0 atom stereocenters. The van der Waals surface area contributed by atoms with Gasteiger partial charge in [-0.1, -0.05) is 182 Å². The quantitative estimate of drug-likeness (QED) is 0.166. The average Bonchev–Trinajstić information content (AvgIpc) is 4.09. The third-order valence-electron chi connectivity index (χ3n) is 13.4. The minimum absolute atomic E-state index is 0.860. The lowest BCUT2D eigenvalue weighted by atomic mass is 9.93. The molecule has 0 spiro atoms. The molecule has 3 heteroatoms. The van der Waals surface area contributed by atoms with Crippen molar-refractivity contribution in [3.63, 3.8) is 0 Å². The molecule has 2 nitrogen and oxygen atoms in total. The number of nitrogens with zero attached hydrogens (tertiary/aromatic N) is 1. The predicted octanol–water partition coefficient (Wildman–Crippen LogP) is 19.0. The number of hydrogen-bond acceptors (Lipinski definition) is 3. The first kappa shape index (κ1) is 38.9. The molecule has 0 radical (unpaired) electrons. The summed E-state index contributed by atoms with van der Waals surface area (Å²) >= 11 is 1.90. The van der Waals surface area contributed by atoms with Gasteiger partial charge in [0, 0.05) is 48.2 Å². The molecule has 67 heavy (non-hydrogen) atoms. The molecule has 0 unspecified atom stereocenters. The first-order valence-corrected chi connectivity index (χ1v) is 23.6. The van der Waals surface area contributed by atoms with Gasteiger partial charge in [-0.3, -0.25) is 0 Å². The van der Waals surface area contributed by atoms with Gasteiger partial charge in [0.05, 0.1) is 6.26 Å². The lowest BCUT2D eigenvalue weighted by molar-refractivity contribution is 0.582. The zero-order chi connectivity index (χ0) is 44.3. The van der Waals surface area contributed by atoms with E-state index in [1.165, 1.54) is 85.2 Å². The van der Waals surface area contributed by atoms with Crippen LogP contribution in [0, 0.1) is 0 Å². The van der Waals surface area contributed by atoms with Crippen molar-refractivity contribution >= 4 is 102 Å². The molecule has 2 aromatic heterocycles. The summed E-state index contributed by atoms with van der Waals surface area (Å²) < 4.78 is 8.37. The van der Waals surface area contributed by atoms with E-state index in [2.05, 4.69) is 235 Å². The van der Waals surface area contributed by atoms with Gasteiger partial charge >= 0.3 is 0 Å². The molecule has 0 aliphatic heterocycles. The van der Waals surface area contributed by atoms with Crippen LogP contribution in [0.1, 0.15) is 0 Å². The smallest absolute Gasteiger partial charge is 0.133 e. The maximum atomic E-state index is 5.76. The van der Waals surface area contributed by atoms with E-state index in [1.54, 1.807) is 6.26 Å². The average molecular weight is 872 g/mol. The number of anilines is 3. The van der Waals surface area contributed by atoms with Crippen molar-refractivity contribution in [3.8, 4) is 33.6 Å². The number of furan rings is 1. The van der Waals surface area contributed by atoms with E-state index < -0.39 is 0 Å². The van der Waals surface area contributed by atoms with Crippen LogP contribution in [0.15, 0.2) is 253 Å². The molecule has 13 rings (SSSR count). The highest BCUT2D eigenvalue weighted by Gasteiger charge is 2.18. The van der Waals surface area contributed by atoms with E-state index in [4.69, 9.17) is 4.42 Å². The maximum absolute atomic E-state index is 5.76. The van der Waals surface area contributed by atoms with Crippen LogP contribution in [-0.2, 0) is 0 Å². The van der Waals surface area contributed by atoms with Gasteiger partial charge in [-0.05, 0) is 131 Å². The molecule has 13 aromatic rings. The summed E-state index contributed by atoms with van der Waals surface area (Å²) in [5.41, 5.74) is 8.92. The third-order valence-corrected chi connectivity index (χ3v) is 14.6. The molecule has 0 fully saturated rings. The molecule has 11 aromatic carbocycles. The van der Waals surface area contributed by atoms with Crippen LogP contribution in [0.2, 0.25) is 0 Å². The van der Waals surface area contributed by atoms with Crippen LogP contribution >= 0.6 is 11.3 Å². The Balaban J connectivity index is 1.10. The third kappa shape index (κ3) is 6.71. The zero-order valence-corrected chi connectivity index (χ0v) is 37.3. The Hall–Kier alpha value is -8.50. The van der Waals surface area contributed by atoms with Crippen molar-refractivity contribution in [2.45, 2.75) is 0 Å². The van der Waals surface area contributed by atoms with Gasteiger partial charge in [0.15, 0.2) is 0 Å². The Labute approximate surface area is 392 Å². The molecule has 2 heterocycles. The van der Waals surface area contributed by atoms with Gasteiger partial charge in [0.1, 0.15) is 5.76 Å². The van der Waals surface area contributed by atoms with Crippen LogP contribution < -0.4 is 4.90 Å². The summed E-state index contributed by atoms with van der Waals surface area (Å²) in [6.45, 7) is 0. The molecule has 0 saturated heterocycles. The lowest BCUT2D eigenvalue weighted by Crippen LogP contribution is -2.09. The highest BCUT2D eigenvalue weighted by molar-refractivity contribution is 7.26. The Kier molecular flexibility index (Phi) is 9.40. The molecular weight excluding hydrogens is 831 g/mol. The van der Waals surface area contributed by atoms with Gasteiger partial charge < -0.3 is 9.32 Å². The van der Waals surface area contributed by atoms with Crippen LogP contribution in [0.5, 0.6) is 0 Å². The molecule has 0 aliphatic rings. The number of benzene rings is 10. The number of fused-ring (bicyclic) bond motifs is 14. The van der Waals surface area contributed by atoms with Crippen molar-refractivity contribution in [2.75, 3.05) is 4.90 Å². The van der Waals surface area contributed by atoms with E-state index >= 15 is 0 Å². The van der Waals surface area contributed by atoms with Gasteiger partial charge in [-0.15, -0.1) is 11.3 Å². The molecule has 314 valence electrons. The van der Waals surface area contributed by atoms with Crippen LogP contribution in [0.3, 0.4) is 0 Å². The summed E-state index contributed by atoms with van der Waals surface area (Å²) in [4.78, 5) is 2.40. The van der Waals surface area contributed by atoms with Crippen molar-refractivity contribution in [2.24, 2.45) is 0 Å². The normalized spacial score (nSPS) is 11.6. The van der Waals surface area contributed by atoms with Gasteiger partial charge in [-0.2, -0.15) is 0 Å². The summed E-state index contributed by atoms with van der Waals surface area (Å²) in [6, 6.07) is 88.7. The number of rotatable bonds is 6. The minimum Gasteiger partial charge on any atom is -0.464 e. The fourth-order valence-electron chi connectivity index (χ4n) is 10.2. The highest BCUT2D eigenvalue weighted by atomic mass is 32.1. The summed E-state index contributed by atoms with van der Waals surface area (Å²) in [5, 5.41) is 14.8. The second-order valence-corrected chi connectivity index (χ2v) is 18.2. The largest absolute Gasteiger partial charge is 0.464 e. The Morgan fingerprint density at radius 1 is 0.284 bits per heavy atom. The summed E-state index contributed by atoms with van der Waals surface area (Å²) in [5.74, 6) is 0.860. The lowest BCUT2D eigenvalue weighted by Gasteiger charge is -2.26. The Morgan fingerprint density at radius 3 is 1.40 bits per heavy atom. The molecule has 0 bridgehead atoms. The van der Waals surface area contributed by atoms with Crippen molar-refractivity contribution < 1.29 is 4.42 Å². The maximum Gasteiger partial charge on any atom is 0.133 e. The van der Waals surface area contributed by atoms with E-state index in [0.29, 0.717) is 0 Å². The topological polar surface area (TPSA) is 16.4 Å². The Morgan fingerprint density at radius 2 is 0.746 bits per heavy atom. The number of hydrogen-bond donors (Lipinski definition) is 0. The standard InChI is InChI=1S/C64H41NOS/c1-2-14-42(15-3-1)43-27-31-47(32-28-43)65(48-33-29-44(30-34-48)45-16-12-17-46(40-45)61-25-13-39-66-61)49-35-36-55-58-37-38-59-56-23-10-11-26-62(56)67-64(59)63(58)57-24-9-8-21-53(57)51-19-5-4-18-50(51)52-20-6-7-22-54(52)60(55)41-49/h1-41H. The number of thiophene rings is 1. The zero-order valence-electron chi connectivity index (χ0n) is 36.4. The first-order valence-electron chi connectivity index (χ1n) is 22.8. The van der Waals surface area contributed by atoms with Crippen LogP contribution in [0.25, 0.3) is 108 Å². The molecule has 0 saturated carbocycles. The van der Waals surface area contributed by atoms with E-state index in [0.717, 1.165) is 39.5 Å². The molecule has 0 N–H and O–H groups in total. The fourth-order valence-corrected chi connectivity index (χ4v) is 11.5. The second-order valence-electron chi connectivity index (χ2n) is 17.2. The molecular formula is C64H41NOS. The van der Waals surface area contributed by atoms with Crippen molar-refractivity contribution in [1.82, 2.24) is 0 Å². The van der Waals surface area contributed by atoms with Gasteiger partial charge in [0.2, 0.25) is 0 Å². The first-order chi connectivity index (χ1) is 33.2.